The van der Waals surface area contributed by atoms with Gasteiger partial charge >= 0.3 is 0 Å². The van der Waals surface area contributed by atoms with E-state index in [1.54, 1.807) is 29.4 Å². The van der Waals surface area contributed by atoms with E-state index in [0.717, 1.165) is 41.6 Å². The quantitative estimate of drug-likeness (QED) is 0.515. The van der Waals surface area contributed by atoms with Crippen LogP contribution in [0.2, 0.25) is 0 Å². The molecule has 1 aromatic carbocycles. The van der Waals surface area contributed by atoms with Crippen molar-refractivity contribution in [1.82, 2.24) is 4.98 Å². The first-order valence-electron chi connectivity index (χ1n) is 12.0. The van der Waals surface area contributed by atoms with Gasteiger partial charge in [0.1, 0.15) is 5.82 Å². The number of nitrogens with zero attached hydrogens (tertiary/aromatic N) is 4. The van der Waals surface area contributed by atoms with E-state index in [1.807, 2.05) is 31.2 Å². The number of nitrogens with two attached hydrogens (primary N) is 1. The molecule has 182 valence electrons. The molecule has 8 heteroatoms. The topological polar surface area (TPSA) is 113 Å². The lowest BCUT2D eigenvalue weighted by molar-refractivity contribution is -0.126. The van der Waals surface area contributed by atoms with E-state index in [4.69, 9.17) is 5.73 Å². The van der Waals surface area contributed by atoms with Gasteiger partial charge in [-0.15, -0.1) is 0 Å². The van der Waals surface area contributed by atoms with Crippen LogP contribution in [-0.2, 0) is 16.0 Å². The minimum absolute atomic E-state index is 0.100. The zero-order valence-electron chi connectivity index (χ0n) is 20.1. The van der Waals surface area contributed by atoms with Crippen LogP contribution >= 0.6 is 0 Å². The summed E-state index contributed by atoms with van der Waals surface area (Å²) in [6.45, 7) is 7.35. The number of pyridine rings is 1. The molecule has 1 atom stereocenters. The number of anilines is 2. The average Bonchev–Trinajstić information content (AvgIpc) is 3.65. The predicted molar refractivity (Wildman–Crippen MR) is 141 cm³/mol. The molecule has 0 radical (unpaired) electrons. The summed E-state index contributed by atoms with van der Waals surface area (Å²) in [5.74, 6) is 0.719. The lowest BCUT2D eigenvalue weighted by atomic mass is 9.81. The number of amides is 2. The van der Waals surface area contributed by atoms with Crippen molar-refractivity contribution >= 4 is 41.8 Å². The molecule has 8 nitrogen and oxygen atoms in total. The molecule has 4 rings (SSSR count). The minimum Gasteiger partial charge on any atom is -0.404 e. The molecule has 2 aromatic rings. The van der Waals surface area contributed by atoms with E-state index in [1.165, 1.54) is 6.20 Å². The van der Waals surface area contributed by atoms with Crippen LogP contribution in [0.25, 0.3) is 5.57 Å². The van der Waals surface area contributed by atoms with Crippen LogP contribution in [0.4, 0.5) is 11.5 Å². The van der Waals surface area contributed by atoms with Crippen LogP contribution in [0.3, 0.4) is 0 Å². The molecule has 3 N–H and O–H groups in total. The summed E-state index contributed by atoms with van der Waals surface area (Å²) in [4.78, 5) is 40.5. The summed E-state index contributed by atoms with van der Waals surface area (Å²) in [6, 6.07) is 11.2. The van der Waals surface area contributed by atoms with Gasteiger partial charge in [0.05, 0.1) is 18.4 Å². The predicted octanol–water partition coefficient (Wildman–Crippen LogP) is 3.49. The first kappa shape index (κ1) is 24.3. The van der Waals surface area contributed by atoms with Crippen molar-refractivity contribution in [2.75, 3.05) is 29.9 Å². The maximum absolute atomic E-state index is 13.4. The second kappa shape index (κ2) is 10.6. The Bertz CT molecular complexity index is 1170. The van der Waals surface area contributed by atoms with Crippen LogP contribution < -0.4 is 16.0 Å². The van der Waals surface area contributed by atoms with E-state index in [0.29, 0.717) is 31.4 Å². The molecule has 2 aliphatic rings. The van der Waals surface area contributed by atoms with Crippen molar-refractivity contribution in [3.63, 3.8) is 0 Å². The smallest absolute Gasteiger partial charge is 0.235 e. The molecule has 35 heavy (non-hydrogen) atoms. The van der Waals surface area contributed by atoms with Crippen molar-refractivity contribution in [1.29, 1.82) is 0 Å². The van der Waals surface area contributed by atoms with Gasteiger partial charge < -0.3 is 16.0 Å². The number of hydrogen-bond acceptors (Lipinski definition) is 6. The third kappa shape index (κ3) is 5.31. The molecular formula is C27H32N6O2. The second-order valence-electron chi connectivity index (χ2n) is 9.09. The normalized spacial score (nSPS) is 20.4. The summed E-state index contributed by atoms with van der Waals surface area (Å²) in [6.07, 6.45) is 7.96. The summed E-state index contributed by atoms with van der Waals surface area (Å²) >= 11 is 0. The highest BCUT2D eigenvalue weighted by Gasteiger charge is 2.55. The lowest BCUT2D eigenvalue weighted by Crippen LogP contribution is -2.38. The van der Waals surface area contributed by atoms with Gasteiger partial charge in [0, 0.05) is 49.0 Å². The van der Waals surface area contributed by atoms with E-state index < -0.39 is 5.41 Å². The summed E-state index contributed by atoms with van der Waals surface area (Å²) < 4.78 is 0. The molecule has 2 heterocycles. The lowest BCUT2D eigenvalue weighted by Gasteiger charge is -2.26. The van der Waals surface area contributed by atoms with Crippen molar-refractivity contribution in [2.45, 2.75) is 32.6 Å². The van der Waals surface area contributed by atoms with Gasteiger partial charge in [-0.3, -0.25) is 19.6 Å². The molecule has 1 aliphatic carbocycles. The van der Waals surface area contributed by atoms with Crippen molar-refractivity contribution in [3.8, 4) is 0 Å². The zero-order chi connectivity index (χ0) is 24.8. The molecular weight excluding hydrogens is 440 g/mol. The van der Waals surface area contributed by atoms with E-state index in [-0.39, 0.29) is 18.2 Å². The molecule has 1 saturated heterocycles. The fourth-order valence-corrected chi connectivity index (χ4v) is 4.82. The van der Waals surface area contributed by atoms with Gasteiger partial charge in [-0.2, -0.15) is 0 Å². The van der Waals surface area contributed by atoms with Crippen molar-refractivity contribution in [2.24, 2.45) is 27.1 Å². The maximum atomic E-state index is 13.4. The molecule has 1 aromatic heterocycles. The van der Waals surface area contributed by atoms with Crippen molar-refractivity contribution < 1.29 is 9.59 Å². The Labute approximate surface area is 206 Å². The number of carbonyl (C=O) groups excluding carboxylic acids is 2. The van der Waals surface area contributed by atoms with Crippen molar-refractivity contribution in [3.05, 3.63) is 59.9 Å². The number of aromatic nitrogens is 1. The summed E-state index contributed by atoms with van der Waals surface area (Å²) in [5.41, 5.74) is 8.60. The number of nitrogens with one attached hydrogen (secondary N) is 1. The molecule has 0 spiro atoms. The van der Waals surface area contributed by atoms with Crippen LogP contribution in [0, 0.1) is 11.3 Å². The Balaban J connectivity index is 1.44. The third-order valence-corrected chi connectivity index (χ3v) is 6.75. The maximum Gasteiger partial charge on any atom is 0.235 e. The van der Waals surface area contributed by atoms with Gasteiger partial charge in [-0.05, 0) is 56.0 Å². The Morgan fingerprint density at radius 1 is 1.34 bits per heavy atom. The van der Waals surface area contributed by atoms with Crippen LogP contribution in [0.15, 0.2) is 58.8 Å². The molecule has 2 amide bonds. The zero-order valence-corrected chi connectivity index (χ0v) is 20.1. The van der Waals surface area contributed by atoms with Crippen LogP contribution in [0.1, 0.15) is 37.3 Å². The summed E-state index contributed by atoms with van der Waals surface area (Å²) in [7, 11) is 0. The van der Waals surface area contributed by atoms with E-state index in [2.05, 4.69) is 27.0 Å². The van der Waals surface area contributed by atoms with Gasteiger partial charge in [-0.25, -0.2) is 4.98 Å². The highest BCUT2D eigenvalue weighted by molar-refractivity contribution is 6.09. The monoisotopic (exact) mass is 472 g/mol. The van der Waals surface area contributed by atoms with E-state index >= 15 is 0 Å². The Morgan fingerprint density at radius 2 is 2.17 bits per heavy atom. The minimum atomic E-state index is -0.432. The molecule has 0 unspecified atom stereocenters. The number of allylic oxidation sites excluding steroid dienone is 1. The average molecular weight is 473 g/mol. The first-order chi connectivity index (χ1) is 17.0. The number of benzene rings is 1. The molecule has 2 fully saturated rings. The number of hydrogen-bond donors (Lipinski definition) is 2. The Kier molecular flexibility index (Phi) is 7.39. The summed E-state index contributed by atoms with van der Waals surface area (Å²) in [5, 5.41) is 2.86. The Hall–Kier alpha value is -3.81. The van der Waals surface area contributed by atoms with Gasteiger partial charge in [-0.1, -0.05) is 24.3 Å². The standard InChI is InChI=1S/C27H32N6O2/c1-3-30-17-21(16-28)20-6-4-5-19(13-20)14-25(34)32-24-15-23(9-11-31-24)33-12-10-27(18-29-2,26(33)35)22-7-8-22/h4-6,9,11,13,15-17,22H,2-3,7-8,10,12,14,18,28H2,1H3,(H,31,32,34)/t27-/m1/s1. The third-order valence-electron chi connectivity index (χ3n) is 6.75. The SMILES string of the molecule is C=NC[C@@]1(C2CC2)CCN(c2ccnc(NC(=O)Cc3cccc(C(C=NCC)=CN)c3)c2)C1=O. The molecule has 1 aliphatic heterocycles. The second-order valence-corrected chi connectivity index (χ2v) is 9.09. The Morgan fingerprint density at radius 3 is 2.89 bits per heavy atom. The number of aliphatic imine (C=N–C) groups is 2. The largest absolute Gasteiger partial charge is 0.404 e. The van der Waals surface area contributed by atoms with Gasteiger partial charge in [0.15, 0.2) is 0 Å². The number of rotatable bonds is 10. The van der Waals surface area contributed by atoms with Crippen LogP contribution in [-0.4, -0.2) is 49.4 Å². The first-order valence-corrected chi connectivity index (χ1v) is 12.0. The fraction of sp³-hybridized carbons (Fsp3) is 0.370. The highest BCUT2D eigenvalue weighted by Crippen LogP contribution is 2.52. The van der Waals surface area contributed by atoms with Gasteiger partial charge in [0.25, 0.3) is 0 Å². The van der Waals surface area contributed by atoms with E-state index in [9.17, 15) is 9.59 Å². The van der Waals surface area contributed by atoms with Gasteiger partial charge in [0.2, 0.25) is 11.8 Å². The van der Waals surface area contributed by atoms with Crippen LogP contribution in [0.5, 0.6) is 0 Å². The molecule has 1 saturated carbocycles. The number of carbonyl (C=O) groups is 2. The highest BCUT2D eigenvalue weighted by atomic mass is 16.2. The fourth-order valence-electron chi connectivity index (χ4n) is 4.82. The molecule has 0 bridgehead atoms.